The van der Waals surface area contributed by atoms with Gasteiger partial charge in [0.15, 0.2) is 11.5 Å². The fraction of sp³-hybridized carbons (Fsp3) is 0.348. The molecule has 6 nitrogen and oxygen atoms in total. The molecule has 0 saturated carbocycles. The van der Waals surface area contributed by atoms with E-state index in [4.69, 9.17) is 21.1 Å². The summed E-state index contributed by atoms with van der Waals surface area (Å²) in [4.78, 5) is 18.2. The van der Waals surface area contributed by atoms with Crippen LogP contribution in [0, 0.1) is 5.92 Å². The molecule has 1 atom stereocenters. The van der Waals surface area contributed by atoms with Crippen LogP contribution in [-0.4, -0.2) is 42.2 Å². The Morgan fingerprint density at radius 3 is 2.90 bits per heavy atom. The molecule has 156 valence electrons. The molecule has 2 aliphatic heterocycles. The van der Waals surface area contributed by atoms with Gasteiger partial charge in [0.1, 0.15) is 5.69 Å². The molecule has 2 aliphatic rings. The van der Waals surface area contributed by atoms with Gasteiger partial charge < -0.3 is 19.8 Å². The number of H-pyrrole nitrogens is 1. The second kappa shape index (κ2) is 8.20. The van der Waals surface area contributed by atoms with E-state index in [9.17, 15) is 4.79 Å². The Morgan fingerprint density at radius 1 is 1.20 bits per heavy atom. The number of carbonyl (C=O) groups excluding carboxylic acids is 1. The second-order valence-corrected chi connectivity index (χ2v) is 8.43. The first-order chi connectivity index (χ1) is 14.7. The number of amides is 1. The predicted molar refractivity (Wildman–Crippen MR) is 116 cm³/mol. The summed E-state index contributed by atoms with van der Waals surface area (Å²) < 4.78 is 10.9. The minimum absolute atomic E-state index is 0.0536. The second-order valence-electron chi connectivity index (χ2n) is 8.02. The van der Waals surface area contributed by atoms with Crippen LogP contribution in [0.4, 0.5) is 0 Å². The number of piperidine rings is 1. The Morgan fingerprint density at radius 2 is 2.03 bits per heavy atom. The molecule has 2 aromatic carbocycles. The number of ether oxygens (including phenoxy) is 2. The van der Waals surface area contributed by atoms with Gasteiger partial charge in [-0.3, -0.25) is 9.69 Å². The van der Waals surface area contributed by atoms with Gasteiger partial charge in [-0.05, 0) is 49.1 Å². The van der Waals surface area contributed by atoms with E-state index in [0.717, 1.165) is 54.7 Å². The van der Waals surface area contributed by atoms with Crippen molar-refractivity contribution in [1.29, 1.82) is 0 Å². The standard InChI is InChI=1S/C23H24ClN3O3/c24-18-10-22-21(29-14-30-22)9-17(18)13-27-7-3-4-15(12-27)11-25-23(28)20-8-16-5-1-2-6-19(16)26-20/h1-2,5-6,8-10,15,26H,3-4,7,11-14H2,(H,25,28). The van der Waals surface area contributed by atoms with E-state index in [2.05, 4.69) is 15.2 Å². The largest absolute Gasteiger partial charge is 0.454 e. The molecule has 3 heterocycles. The molecule has 5 rings (SSSR count). The lowest BCUT2D eigenvalue weighted by Gasteiger charge is -2.33. The van der Waals surface area contributed by atoms with E-state index < -0.39 is 0 Å². The van der Waals surface area contributed by atoms with Gasteiger partial charge in [0.05, 0.1) is 0 Å². The van der Waals surface area contributed by atoms with E-state index in [-0.39, 0.29) is 12.7 Å². The maximum atomic E-state index is 12.6. The highest BCUT2D eigenvalue weighted by Gasteiger charge is 2.23. The van der Waals surface area contributed by atoms with Crippen LogP contribution in [0.1, 0.15) is 28.9 Å². The Kier molecular flexibility index (Phi) is 5.27. The van der Waals surface area contributed by atoms with Gasteiger partial charge in [-0.25, -0.2) is 0 Å². The van der Waals surface area contributed by atoms with E-state index in [1.807, 2.05) is 42.5 Å². The molecule has 0 aliphatic carbocycles. The van der Waals surface area contributed by atoms with E-state index in [0.29, 0.717) is 28.9 Å². The lowest BCUT2D eigenvalue weighted by Crippen LogP contribution is -2.40. The number of aromatic amines is 1. The Bertz CT molecular complexity index is 1050. The van der Waals surface area contributed by atoms with Crippen molar-refractivity contribution in [1.82, 2.24) is 15.2 Å². The molecule has 0 radical (unpaired) electrons. The maximum Gasteiger partial charge on any atom is 0.267 e. The highest BCUT2D eigenvalue weighted by atomic mass is 35.5. The molecule has 0 spiro atoms. The molecule has 1 aromatic heterocycles. The van der Waals surface area contributed by atoms with Crippen molar-refractivity contribution in [3.05, 3.63) is 58.7 Å². The van der Waals surface area contributed by atoms with Crippen molar-refractivity contribution in [3.8, 4) is 11.5 Å². The van der Waals surface area contributed by atoms with Gasteiger partial charge in [0.25, 0.3) is 5.91 Å². The number of halogens is 1. The molecule has 30 heavy (non-hydrogen) atoms. The van der Waals surface area contributed by atoms with Crippen LogP contribution in [-0.2, 0) is 6.54 Å². The number of likely N-dealkylation sites (tertiary alicyclic amines) is 1. The molecule has 1 saturated heterocycles. The van der Waals surface area contributed by atoms with Gasteiger partial charge in [-0.2, -0.15) is 0 Å². The van der Waals surface area contributed by atoms with Crippen molar-refractivity contribution >= 4 is 28.4 Å². The topological polar surface area (TPSA) is 66.6 Å². The Balaban J connectivity index is 1.18. The number of carbonyl (C=O) groups is 1. The zero-order chi connectivity index (χ0) is 20.5. The summed E-state index contributed by atoms with van der Waals surface area (Å²) in [6.45, 7) is 3.63. The molecule has 1 amide bonds. The van der Waals surface area contributed by atoms with Crippen LogP contribution in [0.15, 0.2) is 42.5 Å². The van der Waals surface area contributed by atoms with E-state index >= 15 is 0 Å². The third-order valence-electron chi connectivity index (χ3n) is 5.86. The van der Waals surface area contributed by atoms with Crippen LogP contribution in [0.25, 0.3) is 10.9 Å². The lowest BCUT2D eigenvalue weighted by atomic mass is 9.97. The molecule has 1 unspecified atom stereocenters. The number of nitrogens with one attached hydrogen (secondary N) is 2. The normalized spacial score (nSPS) is 18.6. The first kappa shape index (κ1) is 19.3. The monoisotopic (exact) mass is 425 g/mol. The summed E-state index contributed by atoms with van der Waals surface area (Å²) in [6.07, 6.45) is 2.22. The van der Waals surface area contributed by atoms with Gasteiger partial charge in [0, 0.05) is 41.6 Å². The van der Waals surface area contributed by atoms with Crippen LogP contribution < -0.4 is 14.8 Å². The first-order valence-electron chi connectivity index (χ1n) is 10.3. The maximum absolute atomic E-state index is 12.6. The van der Waals surface area contributed by atoms with Crippen LogP contribution in [0.5, 0.6) is 11.5 Å². The number of aromatic nitrogens is 1. The quantitative estimate of drug-likeness (QED) is 0.643. The molecule has 3 aromatic rings. The minimum atomic E-state index is -0.0536. The summed E-state index contributed by atoms with van der Waals surface area (Å²) in [5.41, 5.74) is 2.63. The Labute approximate surface area is 180 Å². The number of fused-ring (bicyclic) bond motifs is 2. The van der Waals surface area contributed by atoms with Crippen molar-refractivity contribution in [2.24, 2.45) is 5.92 Å². The number of rotatable bonds is 5. The average molecular weight is 426 g/mol. The number of nitrogens with zero attached hydrogens (tertiary/aromatic N) is 1. The molecule has 1 fully saturated rings. The van der Waals surface area contributed by atoms with Crippen LogP contribution >= 0.6 is 11.6 Å². The Hall–Kier alpha value is -2.70. The molecule has 0 bridgehead atoms. The van der Waals surface area contributed by atoms with Crippen LogP contribution in [0.3, 0.4) is 0 Å². The van der Waals surface area contributed by atoms with Crippen molar-refractivity contribution < 1.29 is 14.3 Å². The van der Waals surface area contributed by atoms with Crippen molar-refractivity contribution in [2.75, 3.05) is 26.4 Å². The van der Waals surface area contributed by atoms with E-state index in [1.165, 1.54) is 0 Å². The SMILES string of the molecule is O=C(NCC1CCCN(Cc2cc3c(cc2Cl)OCO3)C1)c1cc2ccccc2[nH]1. The molecular formula is C23H24ClN3O3. The van der Waals surface area contributed by atoms with Crippen LogP contribution in [0.2, 0.25) is 5.02 Å². The zero-order valence-corrected chi connectivity index (χ0v) is 17.4. The lowest BCUT2D eigenvalue weighted by molar-refractivity contribution is 0.0926. The number of para-hydroxylation sites is 1. The summed E-state index contributed by atoms with van der Waals surface area (Å²) in [6, 6.07) is 13.6. The smallest absolute Gasteiger partial charge is 0.267 e. The van der Waals surface area contributed by atoms with Gasteiger partial charge in [-0.15, -0.1) is 0 Å². The predicted octanol–water partition coefficient (Wildman–Crippen LogP) is 4.19. The number of hydrogen-bond acceptors (Lipinski definition) is 4. The van der Waals surface area contributed by atoms with Gasteiger partial charge in [0.2, 0.25) is 6.79 Å². The number of hydrogen-bond donors (Lipinski definition) is 2. The molecule has 2 N–H and O–H groups in total. The zero-order valence-electron chi connectivity index (χ0n) is 16.6. The third kappa shape index (κ3) is 3.98. The summed E-state index contributed by atoms with van der Waals surface area (Å²) >= 11 is 6.44. The van der Waals surface area contributed by atoms with E-state index in [1.54, 1.807) is 0 Å². The third-order valence-corrected chi connectivity index (χ3v) is 6.22. The van der Waals surface area contributed by atoms with Gasteiger partial charge >= 0.3 is 0 Å². The summed E-state index contributed by atoms with van der Waals surface area (Å²) in [7, 11) is 0. The van der Waals surface area contributed by atoms with Gasteiger partial charge in [-0.1, -0.05) is 29.8 Å². The highest BCUT2D eigenvalue weighted by molar-refractivity contribution is 6.31. The highest BCUT2D eigenvalue weighted by Crippen LogP contribution is 2.37. The molecular weight excluding hydrogens is 402 g/mol. The molecule has 7 heteroatoms. The minimum Gasteiger partial charge on any atom is -0.454 e. The summed E-state index contributed by atoms with van der Waals surface area (Å²) in [5, 5.41) is 4.85. The summed E-state index contributed by atoms with van der Waals surface area (Å²) in [5.74, 6) is 1.83. The fourth-order valence-electron chi connectivity index (χ4n) is 4.31. The number of benzene rings is 2. The van der Waals surface area contributed by atoms with Crippen molar-refractivity contribution in [3.63, 3.8) is 0 Å². The first-order valence-corrected chi connectivity index (χ1v) is 10.7. The fourth-order valence-corrected chi connectivity index (χ4v) is 4.52. The van der Waals surface area contributed by atoms with Crippen molar-refractivity contribution in [2.45, 2.75) is 19.4 Å². The average Bonchev–Trinajstić information content (AvgIpc) is 3.39.